The summed E-state index contributed by atoms with van der Waals surface area (Å²) in [6.45, 7) is 0. The van der Waals surface area contributed by atoms with Crippen LogP contribution in [0.4, 0.5) is 5.69 Å². The average Bonchev–Trinajstić information content (AvgIpc) is 2.67. The van der Waals surface area contributed by atoms with E-state index in [0.29, 0.717) is 5.69 Å². The fraction of sp³-hybridized carbons (Fsp3) is 0.0500. The average molecular weight is 399 g/mol. The van der Waals surface area contributed by atoms with E-state index in [2.05, 4.69) is 5.32 Å². The van der Waals surface area contributed by atoms with Gasteiger partial charge < -0.3 is 5.32 Å². The van der Waals surface area contributed by atoms with Crippen LogP contribution in [0.3, 0.4) is 0 Å². The topological polar surface area (TPSA) is 89.3 Å². The molecule has 0 saturated carbocycles. The zero-order chi connectivity index (χ0) is 19.3. The summed E-state index contributed by atoms with van der Waals surface area (Å²) in [7, 11) is -3.80. The van der Waals surface area contributed by atoms with Crippen LogP contribution < -0.4 is 10.5 Å². The first-order valence-electron chi connectivity index (χ1n) is 8.13. The van der Waals surface area contributed by atoms with E-state index in [-0.39, 0.29) is 16.6 Å². The van der Waals surface area contributed by atoms with Crippen molar-refractivity contribution in [3.8, 4) is 11.1 Å². The van der Waals surface area contributed by atoms with Crippen LogP contribution in [0.15, 0.2) is 88.7 Å². The first-order valence-corrected chi connectivity index (χ1v) is 10.7. The molecule has 0 bridgehead atoms. The molecule has 0 atom stereocenters. The van der Waals surface area contributed by atoms with Crippen molar-refractivity contribution in [2.75, 3.05) is 11.1 Å². The lowest BCUT2D eigenvalue weighted by molar-refractivity contribution is -0.113. The zero-order valence-corrected chi connectivity index (χ0v) is 16.0. The van der Waals surface area contributed by atoms with Crippen molar-refractivity contribution in [1.82, 2.24) is 0 Å². The van der Waals surface area contributed by atoms with E-state index in [1.165, 1.54) is 30.0 Å². The van der Waals surface area contributed by atoms with E-state index in [1.54, 1.807) is 6.07 Å². The summed E-state index contributed by atoms with van der Waals surface area (Å²) in [5.41, 5.74) is 2.65. The van der Waals surface area contributed by atoms with Gasteiger partial charge in [0.2, 0.25) is 15.9 Å². The second-order valence-electron chi connectivity index (χ2n) is 5.80. The molecule has 0 aliphatic heterocycles. The van der Waals surface area contributed by atoms with Crippen molar-refractivity contribution in [1.29, 1.82) is 0 Å². The predicted octanol–water partition coefficient (Wildman–Crippen LogP) is 3.73. The molecule has 0 saturated heterocycles. The van der Waals surface area contributed by atoms with E-state index < -0.39 is 10.0 Å². The quantitative estimate of drug-likeness (QED) is 0.619. The number of anilines is 1. The maximum Gasteiger partial charge on any atom is 0.238 e. The fourth-order valence-corrected chi connectivity index (χ4v) is 3.73. The predicted molar refractivity (Wildman–Crippen MR) is 109 cm³/mol. The number of primary sulfonamides is 1. The van der Waals surface area contributed by atoms with Crippen molar-refractivity contribution < 1.29 is 13.2 Å². The van der Waals surface area contributed by atoms with Gasteiger partial charge in [-0.25, -0.2) is 13.6 Å². The Hall–Kier alpha value is -2.61. The highest BCUT2D eigenvalue weighted by Crippen LogP contribution is 2.24. The lowest BCUT2D eigenvalue weighted by atomic mass is 10.1. The molecule has 0 radical (unpaired) electrons. The van der Waals surface area contributed by atoms with Crippen LogP contribution >= 0.6 is 11.8 Å². The van der Waals surface area contributed by atoms with Crippen molar-refractivity contribution in [2.24, 2.45) is 5.14 Å². The summed E-state index contributed by atoms with van der Waals surface area (Å²) in [5.74, 6) is -0.0108. The minimum atomic E-state index is -3.80. The lowest BCUT2D eigenvalue weighted by Gasteiger charge is -2.07. The number of hydrogen-bond acceptors (Lipinski definition) is 4. The third kappa shape index (κ3) is 5.43. The van der Waals surface area contributed by atoms with Gasteiger partial charge in [0.25, 0.3) is 0 Å². The Labute approximate surface area is 162 Å². The van der Waals surface area contributed by atoms with Gasteiger partial charge in [0.1, 0.15) is 0 Å². The molecule has 7 heteroatoms. The molecule has 5 nitrogen and oxygen atoms in total. The van der Waals surface area contributed by atoms with Crippen LogP contribution in [0, 0.1) is 0 Å². The monoisotopic (exact) mass is 398 g/mol. The summed E-state index contributed by atoms with van der Waals surface area (Å²) >= 11 is 1.41. The van der Waals surface area contributed by atoms with E-state index >= 15 is 0 Å². The molecule has 0 unspecified atom stereocenters. The first kappa shape index (κ1) is 19.2. The minimum Gasteiger partial charge on any atom is -0.325 e. The molecule has 3 aromatic carbocycles. The highest BCUT2D eigenvalue weighted by atomic mass is 32.2. The van der Waals surface area contributed by atoms with Crippen LogP contribution in [-0.2, 0) is 14.8 Å². The lowest BCUT2D eigenvalue weighted by Crippen LogP contribution is -2.16. The summed E-state index contributed by atoms with van der Waals surface area (Å²) < 4.78 is 22.7. The number of carbonyl (C=O) groups is 1. The molecule has 3 aromatic rings. The number of nitrogens with two attached hydrogens (primary N) is 1. The molecule has 1 amide bonds. The summed E-state index contributed by atoms with van der Waals surface area (Å²) in [6, 6.07) is 23.9. The molecule has 0 spiro atoms. The van der Waals surface area contributed by atoms with Crippen molar-refractivity contribution in [3.05, 3.63) is 78.9 Å². The number of hydrogen-bond donors (Lipinski definition) is 2. The summed E-state index contributed by atoms with van der Waals surface area (Å²) in [5, 5.41) is 7.78. The fourth-order valence-electron chi connectivity index (χ4n) is 2.47. The van der Waals surface area contributed by atoms with Crippen molar-refractivity contribution in [2.45, 2.75) is 9.79 Å². The largest absolute Gasteiger partial charge is 0.325 e. The van der Waals surface area contributed by atoms with Crippen LogP contribution in [0.5, 0.6) is 0 Å². The van der Waals surface area contributed by atoms with Crippen molar-refractivity contribution in [3.63, 3.8) is 0 Å². The maximum absolute atomic E-state index is 12.1. The highest BCUT2D eigenvalue weighted by Gasteiger charge is 2.10. The molecular weight excluding hydrogens is 380 g/mol. The molecule has 0 fully saturated rings. The van der Waals surface area contributed by atoms with Gasteiger partial charge in [-0.15, -0.1) is 11.8 Å². The molecule has 0 aliphatic carbocycles. The molecule has 3 rings (SSSR count). The van der Waals surface area contributed by atoms with E-state index in [9.17, 15) is 13.2 Å². The molecule has 0 aromatic heterocycles. The van der Waals surface area contributed by atoms with Crippen LogP contribution in [0.2, 0.25) is 0 Å². The molecule has 3 N–H and O–H groups in total. The van der Waals surface area contributed by atoms with E-state index in [0.717, 1.165) is 16.0 Å². The normalized spacial score (nSPS) is 11.1. The Morgan fingerprint density at radius 3 is 2.22 bits per heavy atom. The Morgan fingerprint density at radius 2 is 1.56 bits per heavy atom. The van der Waals surface area contributed by atoms with Gasteiger partial charge in [-0.05, 0) is 41.5 Å². The van der Waals surface area contributed by atoms with Gasteiger partial charge in [-0.3, -0.25) is 4.79 Å². The molecule has 0 heterocycles. The minimum absolute atomic E-state index is 0.0375. The van der Waals surface area contributed by atoms with E-state index in [1.807, 2.05) is 54.6 Å². The number of carbonyl (C=O) groups excluding carboxylic acids is 1. The van der Waals surface area contributed by atoms with Gasteiger partial charge in [-0.2, -0.15) is 0 Å². The SMILES string of the molecule is NS(=O)(=O)c1cccc(NC(=O)CSc2ccc(-c3ccccc3)cc2)c1. The number of sulfonamides is 1. The second kappa shape index (κ2) is 8.39. The van der Waals surface area contributed by atoms with Crippen molar-refractivity contribution >= 4 is 33.4 Å². The Bertz CT molecular complexity index is 1030. The number of nitrogens with one attached hydrogen (secondary N) is 1. The molecule has 0 aliphatic rings. The van der Waals surface area contributed by atoms with Crippen LogP contribution in [-0.4, -0.2) is 20.1 Å². The Morgan fingerprint density at radius 1 is 0.889 bits per heavy atom. The van der Waals surface area contributed by atoms with Crippen LogP contribution in [0.1, 0.15) is 0 Å². The molecule has 138 valence electrons. The summed E-state index contributed by atoms with van der Waals surface area (Å²) in [6.07, 6.45) is 0. The number of benzene rings is 3. The van der Waals surface area contributed by atoms with Gasteiger partial charge in [-0.1, -0.05) is 48.5 Å². The van der Waals surface area contributed by atoms with Crippen LogP contribution in [0.25, 0.3) is 11.1 Å². The first-order chi connectivity index (χ1) is 12.9. The second-order valence-corrected chi connectivity index (χ2v) is 8.41. The van der Waals surface area contributed by atoms with Gasteiger partial charge >= 0.3 is 0 Å². The van der Waals surface area contributed by atoms with Gasteiger partial charge in [0.05, 0.1) is 10.6 Å². The standard InChI is InChI=1S/C20H18N2O3S2/c21-27(24,25)19-8-4-7-17(13-19)22-20(23)14-26-18-11-9-16(10-12-18)15-5-2-1-3-6-15/h1-13H,14H2,(H,22,23)(H2,21,24,25). The number of thioether (sulfide) groups is 1. The van der Waals surface area contributed by atoms with Gasteiger partial charge in [0, 0.05) is 10.6 Å². The van der Waals surface area contributed by atoms with Gasteiger partial charge in [0.15, 0.2) is 0 Å². The smallest absolute Gasteiger partial charge is 0.238 e. The highest BCUT2D eigenvalue weighted by molar-refractivity contribution is 8.00. The Balaban J connectivity index is 1.58. The summed E-state index contributed by atoms with van der Waals surface area (Å²) in [4.78, 5) is 13.1. The third-order valence-electron chi connectivity index (χ3n) is 3.78. The number of amides is 1. The number of rotatable bonds is 6. The molecule has 27 heavy (non-hydrogen) atoms. The van der Waals surface area contributed by atoms with E-state index in [4.69, 9.17) is 5.14 Å². The molecular formula is C20H18N2O3S2. The zero-order valence-electron chi connectivity index (χ0n) is 14.3. The maximum atomic E-state index is 12.1. The Kier molecular flexibility index (Phi) is 5.95. The third-order valence-corrected chi connectivity index (χ3v) is 5.70.